The summed E-state index contributed by atoms with van der Waals surface area (Å²) < 4.78 is 0. The van der Waals surface area contributed by atoms with Gasteiger partial charge in [-0.25, -0.2) is 5.01 Å². The lowest BCUT2D eigenvalue weighted by Gasteiger charge is -2.30. The lowest BCUT2D eigenvalue weighted by molar-refractivity contribution is 0.0682. The molecule has 1 aliphatic heterocycles. The Morgan fingerprint density at radius 3 is 2.45 bits per heavy atom. The fourth-order valence-electron chi connectivity index (χ4n) is 4.38. The summed E-state index contributed by atoms with van der Waals surface area (Å²) in [7, 11) is 0. The molecule has 2 aliphatic rings. The molecule has 3 aromatic rings. The summed E-state index contributed by atoms with van der Waals surface area (Å²) in [4.78, 5) is 13.4. The van der Waals surface area contributed by atoms with E-state index in [9.17, 15) is 4.79 Å². The molecule has 1 heterocycles. The van der Waals surface area contributed by atoms with Crippen molar-refractivity contribution in [1.82, 2.24) is 5.01 Å². The smallest absolute Gasteiger partial charge is 0.267 e. The molecular weight excluding hydrogens is 403 g/mol. The molecule has 5 heteroatoms. The van der Waals surface area contributed by atoms with E-state index in [-0.39, 0.29) is 17.9 Å². The molecule has 0 spiro atoms. The maximum Gasteiger partial charge on any atom is 0.274 e. The highest BCUT2D eigenvalue weighted by molar-refractivity contribution is 6.31. The molecule has 0 saturated carbocycles. The molecule has 0 saturated heterocycles. The molecule has 2 atom stereocenters. The minimum absolute atomic E-state index is 0.112. The quantitative estimate of drug-likeness (QED) is 0.488. The number of carbonyl (C=O) groups excluding carboxylic acids is 1. The summed E-state index contributed by atoms with van der Waals surface area (Å²) in [6.45, 7) is 0. The van der Waals surface area contributed by atoms with Crippen molar-refractivity contribution in [1.29, 1.82) is 0 Å². The predicted molar refractivity (Wildman–Crippen MR) is 117 cm³/mol. The van der Waals surface area contributed by atoms with Gasteiger partial charge in [-0.1, -0.05) is 65.7 Å². The summed E-state index contributed by atoms with van der Waals surface area (Å²) in [5.41, 5.74) is 4.87. The van der Waals surface area contributed by atoms with Gasteiger partial charge in [0, 0.05) is 27.1 Å². The van der Waals surface area contributed by atoms with Crippen LogP contribution in [-0.4, -0.2) is 16.6 Å². The third-order valence-corrected chi connectivity index (χ3v) is 6.35. The summed E-state index contributed by atoms with van der Waals surface area (Å²) in [6, 6.07) is 22.8. The van der Waals surface area contributed by atoms with Crippen molar-refractivity contribution in [2.24, 2.45) is 11.0 Å². The van der Waals surface area contributed by atoms with Crippen LogP contribution in [-0.2, 0) is 6.42 Å². The second-order valence-corrected chi connectivity index (χ2v) is 8.25. The number of amides is 1. The van der Waals surface area contributed by atoms with Gasteiger partial charge in [0.05, 0.1) is 11.8 Å². The average molecular weight is 421 g/mol. The molecular formula is C24H18Cl2N2O. The lowest BCUT2D eigenvalue weighted by atomic mass is 9.77. The van der Waals surface area contributed by atoms with Crippen LogP contribution in [0.15, 0.2) is 77.9 Å². The summed E-state index contributed by atoms with van der Waals surface area (Å²) in [5.74, 6) is -0.0352. The number of nitrogens with zero attached hydrogens (tertiary/aromatic N) is 2. The van der Waals surface area contributed by atoms with Crippen LogP contribution in [0.5, 0.6) is 0 Å². The number of halogens is 2. The fourth-order valence-corrected chi connectivity index (χ4v) is 4.75. The number of hydrazone groups is 1. The molecule has 0 aromatic heterocycles. The van der Waals surface area contributed by atoms with Crippen molar-refractivity contribution >= 4 is 34.8 Å². The Hall–Kier alpha value is -2.62. The van der Waals surface area contributed by atoms with Crippen LogP contribution in [0.1, 0.15) is 39.5 Å². The molecule has 3 nitrogen and oxygen atoms in total. The van der Waals surface area contributed by atoms with Gasteiger partial charge in [0.1, 0.15) is 0 Å². The molecule has 5 rings (SSSR count). The van der Waals surface area contributed by atoms with Crippen LogP contribution in [0.2, 0.25) is 10.0 Å². The number of benzene rings is 3. The zero-order valence-electron chi connectivity index (χ0n) is 15.6. The first-order valence-electron chi connectivity index (χ1n) is 9.64. The third-order valence-electron chi connectivity index (χ3n) is 5.75. The molecule has 1 amide bonds. The van der Waals surface area contributed by atoms with Crippen molar-refractivity contribution in [3.8, 4) is 0 Å². The molecule has 0 radical (unpaired) electrons. The van der Waals surface area contributed by atoms with Gasteiger partial charge >= 0.3 is 0 Å². The van der Waals surface area contributed by atoms with Crippen molar-refractivity contribution < 1.29 is 4.79 Å². The number of hydrogen-bond acceptors (Lipinski definition) is 2. The summed E-state index contributed by atoms with van der Waals surface area (Å²) in [5, 5.41) is 7.73. The Morgan fingerprint density at radius 1 is 0.931 bits per heavy atom. The molecule has 0 bridgehead atoms. The fraction of sp³-hybridized carbons (Fsp3) is 0.167. The summed E-state index contributed by atoms with van der Waals surface area (Å²) in [6.07, 6.45) is 1.89. The highest BCUT2D eigenvalue weighted by Gasteiger charge is 2.44. The Labute approximate surface area is 179 Å². The maximum absolute atomic E-state index is 13.4. The van der Waals surface area contributed by atoms with E-state index in [2.05, 4.69) is 18.2 Å². The third kappa shape index (κ3) is 3.15. The van der Waals surface area contributed by atoms with E-state index in [0.29, 0.717) is 15.6 Å². The zero-order valence-corrected chi connectivity index (χ0v) is 17.1. The highest BCUT2D eigenvalue weighted by atomic mass is 35.5. The molecule has 0 fully saturated rings. The largest absolute Gasteiger partial charge is 0.274 e. The first kappa shape index (κ1) is 18.4. The molecule has 0 N–H and O–H groups in total. The average Bonchev–Trinajstić information content (AvgIpc) is 3.14. The SMILES string of the molecule is O=C(c1ccc(Cl)cc1)N1N=C2c3ccccc3CC[C@@H]2[C@H]1c1ccccc1Cl. The van der Waals surface area contributed by atoms with Gasteiger partial charge in [0.25, 0.3) is 5.91 Å². The maximum atomic E-state index is 13.4. The van der Waals surface area contributed by atoms with Gasteiger partial charge in [-0.05, 0) is 54.3 Å². The van der Waals surface area contributed by atoms with Gasteiger partial charge in [-0.3, -0.25) is 4.79 Å². The van der Waals surface area contributed by atoms with Crippen molar-refractivity contribution in [3.63, 3.8) is 0 Å². The monoisotopic (exact) mass is 420 g/mol. The van der Waals surface area contributed by atoms with Gasteiger partial charge < -0.3 is 0 Å². The van der Waals surface area contributed by atoms with Gasteiger partial charge in [-0.2, -0.15) is 5.10 Å². The van der Waals surface area contributed by atoms with Crippen LogP contribution < -0.4 is 0 Å². The van der Waals surface area contributed by atoms with Crippen LogP contribution in [0, 0.1) is 5.92 Å². The van der Waals surface area contributed by atoms with Gasteiger partial charge in [0.15, 0.2) is 0 Å². The first-order chi connectivity index (χ1) is 14.1. The van der Waals surface area contributed by atoms with E-state index in [4.69, 9.17) is 28.3 Å². The number of aryl methyl sites for hydroxylation is 1. The normalized spacial score (nSPS) is 20.1. The van der Waals surface area contributed by atoms with E-state index in [0.717, 1.165) is 29.7 Å². The lowest BCUT2D eigenvalue weighted by Crippen LogP contribution is -2.32. The van der Waals surface area contributed by atoms with Crippen LogP contribution in [0.25, 0.3) is 0 Å². The highest BCUT2D eigenvalue weighted by Crippen LogP contribution is 2.45. The number of hydrogen-bond donors (Lipinski definition) is 0. The predicted octanol–water partition coefficient (Wildman–Crippen LogP) is 6.16. The van der Waals surface area contributed by atoms with E-state index in [1.807, 2.05) is 30.3 Å². The second-order valence-electron chi connectivity index (χ2n) is 7.41. The van der Waals surface area contributed by atoms with E-state index in [1.165, 1.54) is 5.56 Å². The van der Waals surface area contributed by atoms with E-state index in [1.54, 1.807) is 29.3 Å². The Morgan fingerprint density at radius 2 is 1.66 bits per heavy atom. The second kappa shape index (κ2) is 7.33. The van der Waals surface area contributed by atoms with Crippen LogP contribution in [0.3, 0.4) is 0 Å². The molecule has 3 aromatic carbocycles. The van der Waals surface area contributed by atoms with Crippen molar-refractivity contribution in [3.05, 3.63) is 105 Å². The van der Waals surface area contributed by atoms with Crippen molar-refractivity contribution in [2.75, 3.05) is 0 Å². The Bertz CT molecular complexity index is 1120. The van der Waals surface area contributed by atoms with Crippen molar-refractivity contribution in [2.45, 2.75) is 18.9 Å². The van der Waals surface area contributed by atoms with Crippen LogP contribution >= 0.6 is 23.2 Å². The first-order valence-corrected chi connectivity index (χ1v) is 10.4. The number of rotatable bonds is 2. The van der Waals surface area contributed by atoms with E-state index >= 15 is 0 Å². The van der Waals surface area contributed by atoms with Gasteiger partial charge in [0.2, 0.25) is 0 Å². The number of carbonyl (C=O) groups is 1. The standard InChI is InChI=1S/C24H18Cl2N2O/c25-17-12-9-16(10-13-17)24(29)28-23(19-7-3-4-8-21(19)26)20-14-11-15-5-1-2-6-18(15)22(20)27-28/h1-10,12-13,20,23H,11,14H2/t20-,23+/m0/s1. The Balaban J connectivity index is 1.64. The number of fused-ring (bicyclic) bond motifs is 3. The minimum atomic E-state index is -0.227. The summed E-state index contributed by atoms with van der Waals surface area (Å²) >= 11 is 12.6. The van der Waals surface area contributed by atoms with E-state index < -0.39 is 0 Å². The van der Waals surface area contributed by atoms with Crippen LogP contribution in [0.4, 0.5) is 0 Å². The molecule has 144 valence electrons. The molecule has 0 unspecified atom stereocenters. The molecule has 29 heavy (non-hydrogen) atoms. The zero-order chi connectivity index (χ0) is 20.0. The Kier molecular flexibility index (Phi) is 4.65. The molecule has 1 aliphatic carbocycles. The topological polar surface area (TPSA) is 32.7 Å². The van der Waals surface area contributed by atoms with Gasteiger partial charge in [-0.15, -0.1) is 0 Å². The minimum Gasteiger partial charge on any atom is -0.267 e.